The molecule has 6 nitrogen and oxygen atoms in total. The first-order valence-corrected chi connectivity index (χ1v) is 7.52. The Balaban J connectivity index is 2.18. The summed E-state index contributed by atoms with van der Waals surface area (Å²) in [5.41, 5.74) is 1.48. The lowest BCUT2D eigenvalue weighted by Gasteiger charge is -2.14. The van der Waals surface area contributed by atoms with E-state index in [0.717, 1.165) is 10.2 Å². The Hall–Kier alpha value is -2.15. The molecule has 0 aliphatic heterocycles. The van der Waals surface area contributed by atoms with Gasteiger partial charge in [0.1, 0.15) is 5.69 Å². The largest absolute Gasteiger partial charge is 0.479 e. The lowest BCUT2D eigenvalue weighted by Crippen LogP contribution is -2.33. The van der Waals surface area contributed by atoms with E-state index in [1.807, 2.05) is 13.8 Å². The molecule has 1 atom stereocenters. The summed E-state index contributed by atoms with van der Waals surface area (Å²) >= 11 is 3.29. The molecule has 0 fully saturated rings. The van der Waals surface area contributed by atoms with E-state index in [0.29, 0.717) is 5.56 Å². The first-order chi connectivity index (χ1) is 10.4. The minimum atomic E-state index is -1.13. The standard InChI is InChI=1S/C15H16BrN3O3/c1-8(2)11-7-12(19-18-11)14(20)17-13(15(21)22)9-3-5-10(16)6-4-9/h3-8,13H,1-2H3,(H,17,20)(H,18,19)(H,21,22). The number of carbonyl (C=O) groups excluding carboxylic acids is 1. The van der Waals surface area contributed by atoms with E-state index < -0.39 is 17.9 Å². The SMILES string of the molecule is CC(C)c1cc(C(=O)NC(C(=O)O)c2ccc(Br)cc2)n[nH]1. The molecule has 1 aromatic carbocycles. The number of aromatic nitrogens is 2. The highest BCUT2D eigenvalue weighted by molar-refractivity contribution is 9.10. The molecule has 0 saturated carbocycles. The van der Waals surface area contributed by atoms with Crippen LogP contribution in [0.3, 0.4) is 0 Å². The lowest BCUT2D eigenvalue weighted by atomic mass is 10.1. The number of amides is 1. The maximum atomic E-state index is 12.2. The van der Waals surface area contributed by atoms with Crippen molar-refractivity contribution in [1.82, 2.24) is 15.5 Å². The number of nitrogens with one attached hydrogen (secondary N) is 2. The summed E-state index contributed by atoms with van der Waals surface area (Å²) < 4.78 is 0.834. The second kappa shape index (κ2) is 6.74. The van der Waals surface area contributed by atoms with E-state index in [-0.39, 0.29) is 11.6 Å². The van der Waals surface area contributed by atoms with Gasteiger partial charge >= 0.3 is 5.97 Å². The third-order valence-corrected chi connectivity index (χ3v) is 3.71. The van der Waals surface area contributed by atoms with Crippen molar-refractivity contribution in [2.75, 3.05) is 0 Å². The molecule has 1 aromatic heterocycles. The van der Waals surface area contributed by atoms with Gasteiger partial charge in [0, 0.05) is 10.2 Å². The van der Waals surface area contributed by atoms with Crippen molar-refractivity contribution >= 4 is 27.8 Å². The number of nitrogens with zero attached hydrogens (tertiary/aromatic N) is 1. The van der Waals surface area contributed by atoms with Crippen LogP contribution in [-0.4, -0.2) is 27.2 Å². The third-order valence-electron chi connectivity index (χ3n) is 3.18. The van der Waals surface area contributed by atoms with Crippen LogP contribution in [0.15, 0.2) is 34.8 Å². The molecular formula is C15H16BrN3O3. The molecule has 2 rings (SSSR count). The normalized spacial score (nSPS) is 12.2. The molecule has 3 N–H and O–H groups in total. The number of halogens is 1. The molecular weight excluding hydrogens is 350 g/mol. The van der Waals surface area contributed by atoms with Gasteiger partial charge in [-0.2, -0.15) is 5.10 Å². The Morgan fingerprint density at radius 2 is 1.91 bits per heavy atom. The van der Waals surface area contributed by atoms with E-state index in [1.54, 1.807) is 30.3 Å². The van der Waals surface area contributed by atoms with Crippen molar-refractivity contribution in [3.05, 3.63) is 51.8 Å². The average molecular weight is 366 g/mol. The predicted octanol–water partition coefficient (Wildman–Crippen LogP) is 2.85. The second-order valence-corrected chi connectivity index (χ2v) is 6.08. The summed E-state index contributed by atoms with van der Waals surface area (Å²) in [4.78, 5) is 23.6. The quantitative estimate of drug-likeness (QED) is 0.758. The summed E-state index contributed by atoms with van der Waals surface area (Å²) in [7, 11) is 0. The zero-order valence-electron chi connectivity index (χ0n) is 12.1. The third kappa shape index (κ3) is 3.73. The van der Waals surface area contributed by atoms with Crippen molar-refractivity contribution in [3.63, 3.8) is 0 Å². The van der Waals surface area contributed by atoms with Crippen LogP contribution in [0.5, 0.6) is 0 Å². The summed E-state index contributed by atoms with van der Waals surface area (Å²) in [5, 5.41) is 18.5. The molecule has 1 heterocycles. The zero-order chi connectivity index (χ0) is 16.3. The summed E-state index contributed by atoms with van der Waals surface area (Å²) in [6.45, 7) is 3.94. The van der Waals surface area contributed by atoms with Crippen molar-refractivity contribution in [1.29, 1.82) is 0 Å². The number of carboxylic acid groups (broad SMARTS) is 1. The first-order valence-electron chi connectivity index (χ1n) is 6.73. The molecule has 116 valence electrons. The molecule has 22 heavy (non-hydrogen) atoms. The number of hydrogen-bond donors (Lipinski definition) is 3. The van der Waals surface area contributed by atoms with Crippen LogP contribution in [0.4, 0.5) is 0 Å². The number of carboxylic acids is 1. The van der Waals surface area contributed by atoms with E-state index >= 15 is 0 Å². The molecule has 0 aliphatic carbocycles. The number of aromatic amines is 1. The lowest BCUT2D eigenvalue weighted by molar-refractivity contribution is -0.139. The van der Waals surface area contributed by atoms with Crippen LogP contribution in [0, 0.1) is 0 Å². The van der Waals surface area contributed by atoms with Gasteiger partial charge in [0.05, 0.1) is 0 Å². The van der Waals surface area contributed by atoms with Crippen molar-refractivity contribution in [2.24, 2.45) is 0 Å². The molecule has 0 aliphatic rings. The van der Waals surface area contributed by atoms with E-state index in [2.05, 4.69) is 31.4 Å². The summed E-state index contributed by atoms with van der Waals surface area (Å²) in [5.74, 6) is -1.45. The number of benzene rings is 1. The van der Waals surface area contributed by atoms with Gasteiger partial charge in [-0.25, -0.2) is 4.79 Å². The second-order valence-electron chi connectivity index (χ2n) is 5.16. The minimum Gasteiger partial charge on any atom is -0.479 e. The highest BCUT2D eigenvalue weighted by Gasteiger charge is 2.24. The van der Waals surface area contributed by atoms with Crippen LogP contribution in [0.25, 0.3) is 0 Å². The Kier molecular flexibility index (Phi) is 4.97. The molecule has 1 amide bonds. The molecule has 0 spiro atoms. The van der Waals surface area contributed by atoms with Crippen LogP contribution in [0.2, 0.25) is 0 Å². The van der Waals surface area contributed by atoms with E-state index in [9.17, 15) is 14.7 Å². The highest BCUT2D eigenvalue weighted by atomic mass is 79.9. The Morgan fingerprint density at radius 1 is 1.27 bits per heavy atom. The van der Waals surface area contributed by atoms with Gasteiger partial charge in [0.2, 0.25) is 0 Å². The molecule has 0 radical (unpaired) electrons. The summed E-state index contributed by atoms with van der Waals surface area (Å²) in [6.07, 6.45) is 0. The fourth-order valence-electron chi connectivity index (χ4n) is 1.90. The van der Waals surface area contributed by atoms with Gasteiger partial charge in [0.25, 0.3) is 5.91 Å². The van der Waals surface area contributed by atoms with E-state index in [1.165, 1.54) is 0 Å². The highest BCUT2D eigenvalue weighted by Crippen LogP contribution is 2.18. The smallest absolute Gasteiger partial charge is 0.330 e. The van der Waals surface area contributed by atoms with Gasteiger partial charge in [-0.05, 0) is 29.7 Å². The molecule has 0 saturated heterocycles. The topological polar surface area (TPSA) is 95.1 Å². The van der Waals surface area contributed by atoms with Gasteiger partial charge in [-0.1, -0.05) is 41.9 Å². The predicted molar refractivity (Wildman–Crippen MR) is 84.7 cm³/mol. The Labute approximate surface area is 136 Å². The van der Waals surface area contributed by atoms with Gasteiger partial charge in [-0.15, -0.1) is 0 Å². The summed E-state index contributed by atoms with van der Waals surface area (Å²) in [6, 6.07) is 7.24. The molecule has 7 heteroatoms. The van der Waals surface area contributed by atoms with E-state index in [4.69, 9.17) is 0 Å². The van der Waals surface area contributed by atoms with Gasteiger partial charge in [0.15, 0.2) is 6.04 Å². The van der Waals surface area contributed by atoms with Crippen molar-refractivity contribution in [3.8, 4) is 0 Å². The maximum absolute atomic E-state index is 12.2. The van der Waals surface area contributed by atoms with Crippen LogP contribution in [0.1, 0.15) is 47.6 Å². The average Bonchev–Trinajstić information content (AvgIpc) is 2.95. The number of H-pyrrole nitrogens is 1. The number of hydrogen-bond acceptors (Lipinski definition) is 3. The Bertz CT molecular complexity index is 680. The zero-order valence-corrected chi connectivity index (χ0v) is 13.7. The minimum absolute atomic E-state index is 0.173. The van der Waals surface area contributed by atoms with Crippen molar-refractivity contribution < 1.29 is 14.7 Å². The molecule has 0 bridgehead atoms. The fraction of sp³-hybridized carbons (Fsp3) is 0.267. The van der Waals surface area contributed by atoms with Crippen LogP contribution in [-0.2, 0) is 4.79 Å². The first kappa shape index (κ1) is 16.2. The van der Waals surface area contributed by atoms with Crippen LogP contribution >= 0.6 is 15.9 Å². The molecule has 2 aromatic rings. The number of rotatable bonds is 5. The maximum Gasteiger partial charge on any atom is 0.330 e. The number of aliphatic carboxylic acids is 1. The molecule has 1 unspecified atom stereocenters. The monoisotopic (exact) mass is 365 g/mol. The van der Waals surface area contributed by atoms with Gasteiger partial charge < -0.3 is 10.4 Å². The van der Waals surface area contributed by atoms with Crippen LogP contribution < -0.4 is 5.32 Å². The van der Waals surface area contributed by atoms with Crippen molar-refractivity contribution in [2.45, 2.75) is 25.8 Å². The van der Waals surface area contributed by atoms with Gasteiger partial charge in [-0.3, -0.25) is 9.89 Å². The Morgan fingerprint density at radius 3 is 2.41 bits per heavy atom. The fourth-order valence-corrected chi connectivity index (χ4v) is 2.16. The number of carbonyl (C=O) groups is 2.